The smallest absolute Gasteiger partial charge is 0.224 e. The topological polar surface area (TPSA) is 32.3 Å². The molecule has 1 saturated heterocycles. The maximum atomic E-state index is 5.83. The Labute approximate surface area is 101 Å². The Morgan fingerprint density at radius 1 is 1.31 bits per heavy atom. The van der Waals surface area contributed by atoms with E-state index in [2.05, 4.69) is 26.7 Å². The summed E-state index contributed by atoms with van der Waals surface area (Å²) in [6.07, 6.45) is 1.79. The Kier molecular flexibility index (Phi) is 3.61. The third-order valence-corrected chi connectivity index (χ3v) is 3.22. The fraction of sp³-hybridized carbons (Fsp3) is 0.636. The summed E-state index contributed by atoms with van der Waals surface area (Å²) in [4.78, 5) is 13.0. The molecule has 2 rings (SSSR count). The number of aryl methyl sites for hydroxylation is 1. The molecule has 0 N–H and O–H groups in total. The van der Waals surface area contributed by atoms with Gasteiger partial charge in [0.15, 0.2) is 0 Å². The van der Waals surface area contributed by atoms with Crippen molar-refractivity contribution >= 4 is 17.4 Å². The van der Waals surface area contributed by atoms with E-state index in [1.54, 1.807) is 6.20 Å². The lowest BCUT2D eigenvalue weighted by molar-refractivity contribution is 0.270. The fourth-order valence-electron chi connectivity index (χ4n) is 2.01. The second-order valence-electron chi connectivity index (χ2n) is 4.07. The molecule has 16 heavy (non-hydrogen) atoms. The normalized spacial score (nSPS) is 17.8. The zero-order valence-corrected chi connectivity index (χ0v) is 10.5. The number of likely N-dealkylation sites (N-methyl/N-ethyl adjacent to an activating group) is 1. The van der Waals surface area contributed by atoms with E-state index in [9.17, 15) is 0 Å². The van der Waals surface area contributed by atoms with Crippen LogP contribution in [0.15, 0.2) is 6.20 Å². The Balaban J connectivity index is 2.10. The first-order chi connectivity index (χ1) is 7.70. The van der Waals surface area contributed by atoms with Gasteiger partial charge in [0.25, 0.3) is 0 Å². The molecule has 4 nitrogen and oxygen atoms in total. The van der Waals surface area contributed by atoms with Gasteiger partial charge < -0.3 is 9.80 Å². The first kappa shape index (κ1) is 11.6. The maximum absolute atomic E-state index is 5.83. The highest BCUT2D eigenvalue weighted by Crippen LogP contribution is 2.19. The quantitative estimate of drug-likeness (QED) is 0.735. The number of aromatic nitrogens is 2. The van der Waals surface area contributed by atoms with Crippen LogP contribution in [0.2, 0.25) is 5.28 Å². The van der Waals surface area contributed by atoms with E-state index >= 15 is 0 Å². The standard InChI is InChI=1S/C11H17ClN4/c1-3-15-4-6-16(7-5-15)10-9(2)8-13-11(12)14-10/h8H,3-7H2,1-2H3. The lowest BCUT2D eigenvalue weighted by Gasteiger charge is -2.35. The molecular weight excluding hydrogens is 224 g/mol. The molecule has 2 heterocycles. The first-order valence-corrected chi connectivity index (χ1v) is 6.05. The number of halogens is 1. The first-order valence-electron chi connectivity index (χ1n) is 5.67. The molecule has 0 aliphatic carbocycles. The Morgan fingerprint density at radius 3 is 2.62 bits per heavy atom. The van der Waals surface area contributed by atoms with Crippen molar-refractivity contribution in [1.82, 2.24) is 14.9 Å². The molecule has 88 valence electrons. The summed E-state index contributed by atoms with van der Waals surface area (Å²) in [5.41, 5.74) is 1.09. The molecule has 0 unspecified atom stereocenters. The van der Waals surface area contributed by atoms with Crippen molar-refractivity contribution in [3.63, 3.8) is 0 Å². The van der Waals surface area contributed by atoms with Crippen LogP contribution in [-0.4, -0.2) is 47.6 Å². The number of rotatable bonds is 2. The van der Waals surface area contributed by atoms with Crippen molar-refractivity contribution in [2.24, 2.45) is 0 Å². The second kappa shape index (κ2) is 4.97. The van der Waals surface area contributed by atoms with Crippen molar-refractivity contribution in [3.8, 4) is 0 Å². The van der Waals surface area contributed by atoms with E-state index in [0.29, 0.717) is 5.28 Å². The number of nitrogens with zero attached hydrogens (tertiary/aromatic N) is 4. The van der Waals surface area contributed by atoms with Crippen molar-refractivity contribution in [2.75, 3.05) is 37.6 Å². The Hall–Kier alpha value is -0.870. The molecule has 5 heteroatoms. The molecule has 1 aliphatic heterocycles. The third-order valence-electron chi connectivity index (χ3n) is 3.03. The van der Waals surface area contributed by atoms with Crippen LogP contribution in [0.5, 0.6) is 0 Å². The van der Waals surface area contributed by atoms with Crippen molar-refractivity contribution in [3.05, 3.63) is 17.0 Å². The van der Waals surface area contributed by atoms with E-state index in [1.807, 2.05) is 6.92 Å². The van der Waals surface area contributed by atoms with Crippen LogP contribution in [0.25, 0.3) is 0 Å². The highest BCUT2D eigenvalue weighted by atomic mass is 35.5. The summed E-state index contributed by atoms with van der Waals surface area (Å²) < 4.78 is 0. The van der Waals surface area contributed by atoms with Crippen LogP contribution < -0.4 is 4.90 Å². The molecule has 1 fully saturated rings. The molecule has 1 aromatic rings. The average Bonchev–Trinajstić information content (AvgIpc) is 2.32. The molecule has 0 saturated carbocycles. The van der Waals surface area contributed by atoms with Crippen LogP contribution in [0.3, 0.4) is 0 Å². The van der Waals surface area contributed by atoms with Gasteiger partial charge in [0.2, 0.25) is 5.28 Å². The average molecular weight is 241 g/mol. The summed E-state index contributed by atoms with van der Waals surface area (Å²) in [5.74, 6) is 0.982. The Morgan fingerprint density at radius 2 is 2.00 bits per heavy atom. The van der Waals surface area contributed by atoms with E-state index in [0.717, 1.165) is 44.1 Å². The summed E-state index contributed by atoms with van der Waals surface area (Å²) in [6.45, 7) is 9.57. The van der Waals surface area contributed by atoms with Gasteiger partial charge in [0.05, 0.1) is 0 Å². The second-order valence-corrected chi connectivity index (χ2v) is 4.41. The van der Waals surface area contributed by atoms with Gasteiger partial charge in [-0.3, -0.25) is 0 Å². The van der Waals surface area contributed by atoms with Gasteiger partial charge in [-0.15, -0.1) is 0 Å². The molecule has 0 atom stereocenters. The number of hydrogen-bond donors (Lipinski definition) is 0. The van der Waals surface area contributed by atoms with Gasteiger partial charge in [0, 0.05) is 37.9 Å². The van der Waals surface area contributed by atoms with Crippen LogP contribution in [0, 0.1) is 6.92 Å². The molecule has 1 aromatic heterocycles. The molecule has 1 aliphatic rings. The van der Waals surface area contributed by atoms with Gasteiger partial charge in [-0.1, -0.05) is 6.92 Å². The van der Waals surface area contributed by atoms with Gasteiger partial charge in [-0.2, -0.15) is 0 Å². The summed E-state index contributed by atoms with van der Waals surface area (Å²) >= 11 is 5.83. The van der Waals surface area contributed by atoms with Crippen molar-refractivity contribution < 1.29 is 0 Å². The van der Waals surface area contributed by atoms with Crippen LogP contribution in [0.1, 0.15) is 12.5 Å². The van der Waals surface area contributed by atoms with Crippen LogP contribution in [0.4, 0.5) is 5.82 Å². The zero-order valence-electron chi connectivity index (χ0n) is 9.78. The highest BCUT2D eigenvalue weighted by Gasteiger charge is 2.18. The number of hydrogen-bond acceptors (Lipinski definition) is 4. The summed E-state index contributed by atoms with van der Waals surface area (Å²) in [5, 5.41) is 0.332. The van der Waals surface area contributed by atoms with Crippen LogP contribution in [-0.2, 0) is 0 Å². The number of piperazine rings is 1. The molecule has 0 bridgehead atoms. The fourth-order valence-corrected chi connectivity index (χ4v) is 2.14. The predicted molar refractivity (Wildman–Crippen MR) is 66.1 cm³/mol. The monoisotopic (exact) mass is 240 g/mol. The largest absolute Gasteiger partial charge is 0.354 e. The van der Waals surface area contributed by atoms with Gasteiger partial charge in [-0.25, -0.2) is 9.97 Å². The van der Waals surface area contributed by atoms with E-state index < -0.39 is 0 Å². The predicted octanol–water partition coefficient (Wildman–Crippen LogP) is 1.58. The van der Waals surface area contributed by atoms with Crippen molar-refractivity contribution in [1.29, 1.82) is 0 Å². The summed E-state index contributed by atoms with van der Waals surface area (Å²) in [6, 6.07) is 0. The van der Waals surface area contributed by atoms with Gasteiger partial charge in [0.1, 0.15) is 5.82 Å². The summed E-state index contributed by atoms with van der Waals surface area (Å²) in [7, 11) is 0. The SMILES string of the molecule is CCN1CCN(c2nc(Cl)ncc2C)CC1. The molecule has 0 radical (unpaired) electrons. The zero-order chi connectivity index (χ0) is 11.5. The van der Waals surface area contributed by atoms with Crippen molar-refractivity contribution in [2.45, 2.75) is 13.8 Å². The van der Waals surface area contributed by atoms with Gasteiger partial charge >= 0.3 is 0 Å². The van der Waals surface area contributed by atoms with Crippen LogP contribution >= 0.6 is 11.6 Å². The lowest BCUT2D eigenvalue weighted by atomic mass is 10.2. The third kappa shape index (κ3) is 2.44. The molecule has 0 amide bonds. The number of anilines is 1. The highest BCUT2D eigenvalue weighted by molar-refractivity contribution is 6.28. The maximum Gasteiger partial charge on any atom is 0.224 e. The minimum atomic E-state index is 0.332. The Bertz CT molecular complexity index is 361. The lowest BCUT2D eigenvalue weighted by Crippen LogP contribution is -2.46. The molecule has 0 aromatic carbocycles. The van der Waals surface area contributed by atoms with E-state index in [4.69, 9.17) is 11.6 Å². The van der Waals surface area contributed by atoms with E-state index in [1.165, 1.54) is 0 Å². The molecular formula is C11H17ClN4. The van der Waals surface area contributed by atoms with E-state index in [-0.39, 0.29) is 0 Å². The van der Waals surface area contributed by atoms with Gasteiger partial charge in [-0.05, 0) is 25.1 Å². The minimum Gasteiger partial charge on any atom is -0.354 e. The molecule has 0 spiro atoms. The minimum absolute atomic E-state index is 0.332.